The largest absolute Gasteiger partial charge is 0.333 e. The predicted octanol–water partition coefficient (Wildman–Crippen LogP) is 2.46. The number of benzene rings is 2. The molecular formula is C20H17NO5. The van der Waals surface area contributed by atoms with Gasteiger partial charge < -0.3 is 4.84 Å². The van der Waals surface area contributed by atoms with E-state index in [-0.39, 0.29) is 25.0 Å². The van der Waals surface area contributed by atoms with Crippen LogP contribution in [0.25, 0.3) is 0 Å². The second-order valence-electron chi connectivity index (χ2n) is 5.94. The van der Waals surface area contributed by atoms with Gasteiger partial charge in [0.25, 0.3) is 11.8 Å². The van der Waals surface area contributed by atoms with Gasteiger partial charge in [-0.25, -0.2) is 4.79 Å². The first-order valence-electron chi connectivity index (χ1n) is 8.30. The highest BCUT2D eigenvalue weighted by molar-refractivity contribution is 6.08. The van der Waals surface area contributed by atoms with Crippen molar-refractivity contribution < 1.29 is 24.0 Å². The molecule has 0 aliphatic carbocycles. The number of nitrogens with zero attached hydrogens (tertiary/aromatic N) is 1. The molecule has 1 heterocycles. The molecule has 6 nitrogen and oxygen atoms in total. The predicted molar refractivity (Wildman–Crippen MR) is 91.8 cm³/mol. The SMILES string of the molecule is O=C(CCc1ccc(C(=O)c2ccccc2)cc1)ON1C(=O)CCC1=O. The van der Waals surface area contributed by atoms with E-state index in [1.807, 2.05) is 18.2 Å². The van der Waals surface area contributed by atoms with Crippen LogP contribution in [0.15, 0.2) is 54.6 Å². The molecule has 1 fully saturated rings. The quantitative estimate of drug-likeness (QED) is 0.590. The van der Waals surface area contributed by atoms with Crippen LogP contribution in [-0.4, -0.2) is 28.6 Å². The monoisotopic (exact) mass is 351 g/mol. The lowest BCUT2D eigenvalue weighted by atomic mass is 10.0. The van der Waals surface area contributed by atoms with Gasteiger partial charge in [-0.1, -0.05) is 54.6 Å². The van der Waals surface area contributed by atoms with Crippen LogP contribution in [-0.2, 0) is 25.6 Å². The Morgan fingerprint density at radius 3 is 2.04 bits per heavy atom. The maximum absolute atomic E-state index is 12.3. The number of carbonyl (C=O) groups excluding carboxylic acids is 4. The molecule has 6 heteroatoms. The van der Waals surface area contributed by atoms with Crippen LogP contribution in [0.1, 0.15) is 40.7 Å². The van der Waals surface area contributed by atoms with Gasteiger partial charge in [-0.2, -0.15) is 0 Å². The molecule has 26 heavy (non-hydrogen) atoms. The first-order valence-corrected chi connectivity index (χ1v) is 8.30. The third-order valence-corrected chi connectivity index (χ3v) is 4.07. The lowest BCUT2D eigenvalue weighted by molar-refractivity contribution is -0.197. The van der Waals surface area contributed by atoms with Crippen LogP contribution < -0.4 is 0 Å². The Hall–Kier alpha value is -3.28. The van der Waals surface area contributed by atoms with Crippen LogP contribution >= 0.6 is 0 Å². The normalized spacial score (nSPS) is 13.8. The van der Waals surface area contributed by atoms with E-state index in [0.29, 0.717) is 22.6 Å². The Kier molecular flexibility index (Phi) is 5.22. The van der Waals surface area contributed by atoms with Gasteiger partial charge in [0.1, 0.15) is 0 Å². The zero-order chi connectivity index (χ0) is 18.5. The molecular weight excluding hydrogens is 334 g/mol. The zero-order valence-corrected chi connectivity index (χ0v) is 14.0. The summed E-state index contributed by atoms with van der Waals surface area (Å²) in [5.41, 5.74) is 2.03. The number of ketones is 1. The van der Waals surface area contributed by atoms with Crippen molar-refractivity contribution in [2.75, 3.05) is 0 Å². The van der Waals surface area contributed by atoms with Crippen molar-refractivity contribution in [3.05, 3.63) is 71.3 Å². The maximum Gasteiger partial charge on any atom is 0.333 e. The Morgan fingerprint density at radius 2 is 1.42 bits per heavy atom. The Labute approximate surface area is 150 Å². The van der Waals surface area contributed by atoms with Crippen molar-refractivity contribution in [1.29, 1.82) is 0 Å². The van der Waals surface area contributed by atoms with E-state index >= 15 is 0 Å². The van der Waals surface area contributed by atoms with Gasteiger partial charge in [0, 0.05) is 24.0 Å². The molecule has 2 aromatic carbocycles. The summed E-state index contributed by atoms with van der Waals surface area (Å²) in [5.74, 6) is -1.69. The number of carbonyl (C=O) groups is 4. The average molecular weight is 351 g/mol. The molecule has 3 rings (SSSR count). The van der Waals surface area contributed by atoms with E-state index in [2.05, 4.69) is 0 Å². The summed E-state index contributed by atoms with van der Waals surface area (Å²) in [5, 5.41) is 0.546. The first-order chi connectivity index (χ1) is 12.5. The van der Waals surface area contributed by atoms with Crippen LogP contribution in [0, 0.1) is 0 Å². The molecule has 0 bridgehead atoms. The number of imide groups is 1. The molecule has 2 aromatic rings. The fourth-order valence-corrected chi connectivity index (χ4v) is 2.63. The van der Waals surface area contributed by atoms with Gasteiger partial charge in [0.2, 0.25) is 0 Å². The molecule has 1 aliphatic rings. The number of amides is 2. The highest BCUT2D eigenvalue weighted by atomic mass is 16.7. The van der Waals surface area contributed by atoms with Crippen LogP contribution in [0.3, 0.4) is 0 Å². The van der Waals surface area contributed by atoms with Gasteiger partial charge in [-0.05, 0) is 12.0 Å². The summed E-state index contributed by atoms with van der Waals surface area (Å²) in [6, 6.07) is 16.0. The Bertz CT molecular complexity index is 826. The molecule has 0 N–H and O–H groups in total. The molecule has 0 atom stereocenters. The number of hydrogen-bond acceptors (Lipinski definition) is 5. The van der Waals surface area contributed by atoms with Gasteiger partial charge in [-0.3, -0.25) is 14.4 Å². The summed E-state index contributed by atoms with van der Waals surface area (Å²) in [7, 11) is 0. The van der Waals surface area contributed by atoms with Gasteiger partial charge in [-0.15, -0.1) is 5.06 Å². The fourth-order valence-electron chi connectivity index (χ4n) is 2.63. The summed E-state index contributed by atoms with van der Waals surface area (Å²) in [6.07, 6.45) is 0.559. The zero-order valence-electron chi connectivity index (χ0n) is 14.0. The van der Waals surface area contributed by atoms with Crippen molar-refractivity contribution in [2.45, 2.75) is 25.7 Å². The van der Waals surface area contributed by atoms with E-state index in [1.165, 1.54) is 0 Å². The highest BCUT2D eigenvalue weighted by Crippen LogP contribution is 2.15. The molecule has 0 radical (unpaired) electrons. The summed E-state index contributed by atoms with van der Waals surface area (Å²) in [4.78, 5) is 51.8. The molecule has 0 aromatic heterocycles. The molecule has 1 aliphatic heterocycles. The summed E-state index contributed by atoms with van der Waals surface area (Å²) in [6.45, 7) is 0. The van der Waals surface area contributed by atoms with Crippen molar-refractivity contribution in [1.82, 2.24) is 5.06 Å². The summed E-state index contributed by atoms with van der Waals surface area (Å²) < 4.78 is 0. The van der Waals surface area contributed by atoms with Crippen LogP contribution in [0.4, 0.5) is 0 Å². The summed E-state index contributed by atoms with van der Waals surface area (Å²) >= 11 is 0. The number of aryl methyl sites for hydroxylation is 1. The third-order valence-electron chi connectivity index (χ3n) is 4.07. The van der Waals surface area contributed by atoms with Crippen molar-refractivity contribution in [2.24, 2.45) is 0 Å². The van der Waals surface area contributed by atoms with E-state index in [1.54, 1.807) is 36.4 Å². The lowest BCUT2D eigenvalue weighted by Gasteiger charge is -2.12. The maximum atomic E-state index is 12.3. The topological polar surface area (TPSA) is 80.8 Å². The first kappa shape index (κ1) is 17.5. The van der Waals surface area contributed by atoms with Gasteiger partial charge >= 0.3 is 5.97 Å². The Morgan fingerprint density at radius 1 is 0.846 bits per heavy atom. The molecule has 0 saturated carbocycles. The standard InChI is InChI=1S/C20H17NO5/c22-17-11-12-18(23)21(17)26-19(24)13-8-14-6-9-16(10-7-14)20(25)15-4-2-1-3-5-15/h1-7,9-10H,8,11-13H2. The number of hydrogen-bond donors (Lipinski definition) is 0. The highest BCUT2D eigenvalue weighted by Gasteiger charge is 2.32. The molecule has 0 unspecified atom stereocenters. The minimum absolute atomic E-state index is 0.0308. The van der Waals surface area contributed by atoms with Crippen molar-refractivity contribution >= 4 is 23.6 Å². The number of hydroxylamine groups is 2. The van der Waals surface area contributed by atoms with Crippen molar-refractivity contribution in [3.8, 4) is 0 Å². The lowest BCUT2D eigenvalue weighted by Crippen LogP contribution is -2.32. The second-order valence-corrected chi connectivity index (χ2v) is 5.94. The minimum Gasteiger partial charge on any atom is -0.330 e. The second kappa shape index (κ2) is 7.74. The van der Waals surface area contributed by atoms with E-state index in [0.717, 1.165) is 5.56 Å². The van der Waals surface area contributed by atoms with Crippen molar-refractivity contribution in [3.63, 3.8) is 0 Å². The molecule has 0 spiro atoms. The van der Waals surface area contributed by atoms with Crippen LogP contribution in [0.5, 0.6) is 0 Å². The van der Waals surface area contributed by atoms with Gasteiger partial charge in [0.05, 0.1) is 6.42 Å². The van der Waals surface area contributed by atoms with Gasteiger partial charge in [0.15, 0.2) is 5.78 Å². The smallest absolute Gasteiger partial charge is 0.330 e. The fraction of sp³-hybridized carbons (Fsp3) is 0.200. The third kappa shape index (κ3) is 4.03. The van der Waals surface area contributed by atoms with E-state index in [9.17, 15) is 19.2 Å². The van der Waals surface area contributed by atoms with Crippen LogP contribution in [0.2, 0.25) is 0 Å². The van der Waals surface area contributed by atoms with E-state index < -0.39 is 17.8 Å². The molecule has 1 saturated heterocycles. The molecule has 132 valence electrons. The minimum atomic E-state index is -0.641. The average Bonchev–Trinajstić information content (AvgIpc) is 2.99. The van der Waals surface area contributed by atoms with E-state index in [4.69, 9.17) is 4.84 Å². The molecule has 2 amide bonds. The number of rotatable bonds is 6. The Balaban J connectivity index is 1.54.